The molecule has 1 atom stereocenters. The Morgan fingerprint density at radius 2 is 1.62 bits per heavy atom. The molecule has 0 N–H and O–H groups in total. The Kier molecular flexibility index (Phi) is 12.1. The van der Waals surface area contributed by atoms with E-state index < -0.39 is 5.54 Å². The van der Waals surface area contributed by atoms with Crippen molar-refractivity contribution in [3.63, 3.8) is 0 Å². The zero-order chi connectivity index (χ0) is 19.4. The molecule has 1 aliphatic heterocycles. The highest BCUT2D eigenvalue weighted by molar-refractivity contribution is 8.47. The second-order valence-electron chi connectivity index (χ2n) is 7.44. The first-order valence-electron chi connectivity index (χ1n) is 10.0. The van der Waals surface area contributed by atoms with Gasteiger partial charge in [-0.2, -0.15) is 0 Å². The number of hydrogen-bond acceptors (Lipinski definition) is 6. The Morgan fingerprint density at radius 3 is 2.12 bits per heavy atom. The minimum absolute atomic E-state index is 0.00608. The van der Waals surface area contributed by atoms with Gasteiger partial charge in [-0.05, 0) is 32.9 Å². The highest BCUT2D eigenvalue weighted by atomic mass is 32.2. The summed E-state index contributed by atoms with van der Waals surface area (Å²) in [4.78, 5) is 16.1. The highest BCUT2D eigenvalue weighted by Gasteiger charge is 2.38. The maximum absolute atomic E-state index is 11.7. The number of hydrogen-bond donors (Lipinski definition) is 0. The van der Waals surface area contributed by atoms with Crippen molar-refractivity contribution in [2.75, 3.05) is 5.75 Å². The van der Waals surface area contributed by atoms with Gasteiger partial charge >= 0.3 is 5.97 Å². The van der Waals surface area contributed by atoms with Crippen molar-refractivity contribution in [3.05, 3.63) is 0 Å². The lowest BCUT2D eigenvalue weighted by Crippen LogP contribution is -2.25. The van der Waals surface area contributed by atoms with Crippen LogP contribution in [0.3, 0.4) is 0 Å². The number of ether oxygens (including phenoxy) is 1. The molecule has 0 saturated heterocycles. The van der Waals surface area contributed by atoms with Gasteiger partial charge in [0.15, 0.2) is 5.54 Å². The smallest absolute Gasteiger partial charge is 0.340 e. The molecule has 0 aromatic rings. The number of aliphatic imine (C=N–C) groups is 1. The van der Waals surface area contributed by atoms with Crippen LogP contribution in [0.15, 0.2) is 4.99 Å². The van der Waals surface area contributed by atoms with E-state index in [4.69, 9.17) is 17.0 Å². The molecular weight excluding hydrogens is 382 g/mol. The third kappa shape index (κ3) is 9.75. The van der Waals surface area contributed by atoms with E-state index in [2.05, 4.69) is 11.9 Å². The second kappa shape index (κ2) is 13.2. The van der Waals surface area contributed by atoms with Crippen LogP contribution >= 0.6 is 35.7 Å². The topological polar surface area (TPSA) is 38.7 Å². The number of thioether (sulfide) groups is 2. The molecule has 0 radical (unpaired) electrons. The van der Waals surface area contributed by atoms with Crippen LogP contribution in [-0.4, -0.2) is 31.9 Å². The second-order valence-corrected chi connectivity index (χ2v) is 11.1. The Balaban J connectivity index is 2.01. The third-order valence-electron chi connectivity index (χ3n) is 4.43. The van der Waals surface area contributed by atoms with E-state index in [1.165, 1.54) is 64.2 Å². The molecule has 6 heteroatoms. The molecule has 3 nitrogen and oxygen atoms in total. The van der Waals surface area contributed by atoms with E-state index in [0.29, 0.717) is 5.90 Å². The fraction of sp³-hybridized carbons (Fsp3) is 0.850. The largest absolute Gasteiger partial charge is 0.409 e. The maximum Gasteiger partial charge on any atom is 0.340 e. The summed E-state index contributed by atoms with van der Waals surface area (Å²) in [7, 11) is 0. The van der Waals surface area contributed by atoms with Gasteiger partial charge in [-0.3, -0.25) is 0 Å². The molecule has 0 bridgehead atoms. The van der Waals surface area contributed by atoms with Crippen LogP contribution in [0.1, 0.15) is 91.9 Å². The number of carbonyl (C=O) groups excluding carboxylic acids is 1. The van der Waals surface area contributed by atoms with E-state index in [1.807, 2.05) is 6.92 Å². The molecule has 1 rings (SSSR count). The van der Waals surface area contributed by atoms with Crippen LogP contribution in [0.5, 0.6) is 0 Å². The monoisotopic (exact) mass is 417 g/mol. The average molecular weight is 418 g/mol. The molecule has 1 unspecified atom stereocenters. The van der Waals surface area contributed by atoms with Gasteiger partial charge in [0.05, 0.1) is 5.25 Å². The zero-order valence-corrected chi connectivity index (χ0v) is 19.3. The molecule has 0 aromatic heterocycles. The van der Waals surface area contributed by atoms with Gasteiger partial charge < -0.3 is 4.74 Å². The SMILES string of the molecule is CCCCCCCCCCCCSC(=S)SC(C)C1=NC(C)(C)C(=O)O1. The predicted molar refractivity (Wildman–Crippen MR) is 122 cm³/mol. The van der Waals surface area contributed by atoms with E-state index in [-0.39, 0.29) is 11.2 Å². The van der Waals surface area contributed by atoms with Gasteiger partial charge in [-0.15, -0.1) is 11.8 Å². The standard InChI is InChI=1S/C20H35NO2S3/c1-5-6-7-8-9-10-11-12-13-14-15-25-19(24)26-16(2)17-21-20(3,4)18(22)23-17/h16H,5-15H2,1-4H3. The first-order valence-corrected chi connectivity index (χ1v) is 12.3. The Hall–Kier alpha value is -0.0700. The minimum Gasteiger partial charge on any atom is -0.409 e. The molecule has 1 heterocycles. The van der Waals surface area contributed by atoms with Crippen LogP contribution in [-0.2, 0) is 9.53 Å². The van der Waals surface area contributed by atoms with Crippen molar-refractivity contribution in [1.29, 1.82) is 0 Å². The Morgan fingerprint density at radius 1 is 1.08 bits per heavy atom. The summed E-state index contributed by atoms with van der Waals surface area (Å²) in [6.07, 6.45) is 13.5. The highest BCUT2D eigenvalue weighted by Crippen LogP contribution is 2.28. The number of unbranched alkanes of at least 4 members (excludes halogenated alkanes) is 9. The summed E-state index contributed by atoms with van der Waals surface area (Å²) in [5.74, 6) is 1.31. The Labute approximate surface area is 173 Å². The molecule has 0 aliphatic carbocycles. The lowest BCUT2D eigenvalue weighted by atomic mass is 10.1. The van der Waals surface area contributed by atoms with Crippen LogP contribution in [0, 0.1) is 0 Å². The summed E-state index contributed by atoms with van der Waals surface area (Å²) in [6, 6.07) is 0. The molecule has 0 aromatic carbocycles. The summed E-state index contributed by atoms with van der Waals surface area (Å²) in [5.41, 5.74) is -0.755. The lowest BCUT2D eigenvalue weighted by molar-refractivity contribution is -0.137. The quantitative estimate of drug-likeness (QED) is 0.187. The van der Waals surface area contributed by atoms with Crippen molar-refractivity contribution >= 4 is 51.1 Å². The fourth-order valence-corrected chi connectivity index (χ4v) is 5.36. The van der Waals surface area contributed by atoms with Crippen molar-refractivity contribution < 1.29 is 9.53 Å². The predicted octanol–water partition coefficient (Wildman–Crippen LogP) is 6.78. The molecule has 150 valence electrons. The number of carbonyl (C=O) groups is 1. The van der Waals surface area contributed by atoms with Gasteiger partial charge in [0, 0.05) is 0 Å². The van der Waals surface area contributed by atoms with Crippen molar-refractivity contribution in [2.45, 2.75) is 103 Å². The molecule has 1 aliphatic rings. The van der Waals surface area contributed by atoms with Crippen molar-refractivity contribution in [2.24, 2.45) is 4.99 Å². The fourth-order valence-electron chi connectivity index (χ4n) is 2.71. The van der Waals surface area contributed by atoms with Crippen molar-refractivity contribution in [1.82, 2.24) is 0 Å². The van der Waals surface area contributed by atoms with Gasteiger partial charge in [0.1, 0.15) is 3.53 Å². The average Bonchev–Trinajstić information content (AvgIpc) is 2.86. The van der Waals surface area contributed by atoms with Crippen LogP contribution in [0.2, 0.25) is 0 Å². The third-order valence-corrected chi connectivity index (χ3v) is 7.19. The van der Waals surface area contributed by atoms with Crippen LogP contribution in [0.4, 0.5) is 0 Å². The maximum atomic E-state index is 11.7. The molecule has 26 heavy (non-hydrogen) atoms. The lowest BCUT2D eigenvalue weighted by Gasteiger charge is -2.10. The summed E-state index contributed by atoms with van der Waals surface area (Å²) in [5, 5.41) is -0.00608. The van der Waals surface area contributed by atoms with Gasteiger partial charge in [0.2, 0.25) is 5.90 Å². The number of cyclic esters (lactones) is 1. The number of esters is 1. The minimum atomic E-state index is -0.755. The number of rotatable bonds is 13. The molecular formula is C20H35NO2S3. The van der Waals surface area contributed by atoms with Gasteiger partial charge in [-0.1, -0.05) is 88.7 Å². The molecule has 0 spiro atoms. The molecule has 0 amide bonds. The normalized spacial score (nSPS) is 17.1. The van der Waals surface area contributed by atoms with E-state index in [0.717, 1.165) is 9.28 Å². The first-order chi connectivity index (χ1) is 12.4. The number of thiocarbonyl (C=S) groups is 1. The first kappa shape index (κ1) is 24.0. The number of nitrogens with zero attached hydrogens (tertiary/aromatic N) is 1. The zero-order valence-electron chi connectivity index (χ0n) is 16.8. The van der Waals surface area contributed by atoms with Crippen LogP contribution < -0.4 is 0 Å². The Bertz CT molecular complexity index is 478. The van der Waals surface area contributed by atoms with E-state index in [1.54, 1.807) is 37.4 Å². The molecule has 0 fully saturated rings. The summed E-state index contributed by atoms with van der Waals surface area (Å²) in [6.45, 7) is 7.81. The van der Waals surface area contributed by atoms with Gasteiger partial charge in [-0.25, -0.2) is 9.79 Å². The van der Waals surface area contributed by atoms with Gasteiger partial charge in [0.25, 0.3) is 0 Å². The van der Waals surface area contributed by atoms with E-state index >= 15 is 0 Å². The van der Waals surface area contributed by atoms with Crippen molar-refractivity contribution in [3.8, 4) is 0 Å². The summed E-state index contributed by atoms with van der Waals surface area (Å²) >= 11 is 8.76. The van der Waals surface area contributed by atoms with Crippen LogP contribution in [0.25, 0.3) is 0 Å². The molecule has 0 saturated carbocycles. The van der Waals surface area contributed by atoms with E-state index in [9.17, 15) is 4.79 Å². The summed E-state index contributed by atoms with van der Waals surface area (Å²) < 4.78 is 6.19.